The Morgan fingerprint density at radius 3 is 2.83 bits per heavy atom. The molecule has 29 heavy (non-hydrogen) atoms. The average Bonchev–Trinajstić information content (AvgIpc) is 3.24. The first-order valence-electron chi connectivity index (χ1n) is 10.0. The molecule has 1 N–H and O–H groups in total. The van der Waals surface area contributed by atoms with E-state index < -0.39 is 0 Å². The van der Waals surface area contributed by atoms with Gasteiger partial charge in [-0.2, -0.15) is 8.75 Å². The number of nitrogens with zero attached hydrogens (tertiary/aromatic N) is 3. The number of carbonyl (C=O) groups is 1. The highest BCUT2D eigenvalue weighted by Gasteiger charge is 2.58. The van der Waals surface area contributed by atoms with Gasteiger partial charge >= 0.3 is 0 Å². The fourth-order valence-electron chi connectivity index (χ4n) is 4.58. The molecule has 1 aliphatic carbocycles. The monoisotopic (exact) mass is 408 g/mol. The smallest absolute Gasteiger partial charge is 0.228 e. The van der Waals surface area contributed by atoms with Gasteiger partial charge in [-0.1, -0.05) is 18.2 Å². The minimum Gasteiger partial charge on any atom is -0.495 e. The molecule has 5 rings (SSSR count). The third-order valence-electron chi connectivity index (χ3n) is 6.45. The molecule has 7 heteroatoms. The molecular weight excluding hydrogens is 384 g/mol. The summed E-state index contributed by atoms with van der Waals surface area (Å²) >= 11 is 1.26. The van der Waals surface area contributed by atoms with Gasteiger partial charge in [0, 0.05) is 12.5 Å². The standard InChI is InChI=1S/C22H24N4O2S/c1-28-20-5-3-2-4-18(20)23-21(27)16-13-22(16)8-10-26(11-9-22)14-15-6-7-17-19(12-15)25-29-24-17/h2-7,12,16H,8-11,13-14H2,1H3,(H,23,27). The molecule has 1 spiro atoms. The quantitative estimate of drug-likeness (QED) is 0.693. The van der Waals surface area contributed by atoms with Gasteiger partial charge in [-0.3, -0.25) is 9.69 Å². The molecule has 1 aliphatic heterocycles. The Hall–Kier alpha value is -2.51. The number of aromatic nitrogens is 2. The first kappa shape index (κ1) is 18.5. The van der Waals surface area contributed by atoms with Crippen LogP contribution >= 0.6 is 11.7 Å². The lowest BCUT2D eigenvalue weighted by molar-refractivity contribution is -0.118. The molecule has 3 aromatic rings. The van der Waals surface area contributed by atoms with Crippen molar-refractivity contribution in [1.82, 2.24) is 13.6 Å². The van der Waals surface area contributed by atoms with Crippen LogP contribution in [0.3, 0.4) is 0 Å². The predicted molar refractivity (Wildman–Crippen MR) is 114 cm³/mol. The van der Waals surface area contributed by atoms with Crippen LogP contribution < -0.4 is 10.1 Å². The number of nitrogens with one attached hydrogen (secondary N) is 1. The highest BCUT2D eigenvalue weighted by atomic mass is 32.1. The zero-order valence-electron chi connectivity index (χ0n) is 16.4. The van der Waals surface area contributed by atoms with Gasteiger partial charge in [0.15, 0.2) is 0 Å². The van der Waals surface area contributed by atoms with Crippen molar-refractivity contribution < 1.29 is 9.53 Å². The first-order chi connectivity index (χ1) is 14.2. The summed E-state index contributed by atoms with van der Waals surface area (Å²) < 4.78 is 14.0. The lowest BCUT2D eigenvalue weighted by atomic mass is 9.90. The molecule has 1 unspecified atom stereocenters. The number of methoxy groups -OCH3 is 1. The van der Waals surface area contributed by atoms with Crippen LogP contribution in [0, 0.1) is 11.3 Å². The third kappa shape index (κ3) is 3.60. The number of hydrogen-bond acceptors (Lipinski definition) is 6. The summed E-state index contributed by atoms with van der Waals surface area (Å²) in [5.74, 6) is 0.953. The molecule has 0 radical (unpaired) electrons. The van der Waals surface area contributed by atoms with Crippen LogP contribution in [0.4, 0.5) is 5.69 Å². The van der Waals surface area contributed by atoms with Gasteiger partial charge in [-0.25, -0.2) is 0 Å². The molecular formula is C22H24N4O2S. The van der Waals surface area contributed by atoms with Crippen molar-refractivity contribution >= 4 is 34.4 Å². The van der Waals surface area contributed by atoms with Crippen LogP contribution in [0.15, 0.2) is 42.5 Å². The molecule has 1 aromatic heterocycles. The molecule has 150 valence electrons. The van der Waals surface area contributed by atoms with Crippen molar-refractivity contribution in [3.63, 3.8) is 0 Å². The molecule has 2 fully saturated rings. The number of hydrogen-bond donors (Lipinski definition) is 1. The third-order valence-corrected chi connectivity index (χ3v) is 7.00. The van der Waals surface area contributed by atoms with E-state index in [1.165, 1.54) is 17.3 Å². The first-order valence-corrected chi connectivity index (χ1v) is 10.8. The number of anilines is 1. The van der Waals surface area contributed by atoms with Crippen LogP contribution in [-0.2, 0) is 11.3 Å². The van der Waals surface area contributed by atoms with Crippen LogP contribution in [0.2, 0.25) is 0 Å². The van der Waals surface area contributed by atoms with E-state index in [1.54, 1.807) is 7.11 Å². The number of fused-ring (bicyclic) bond motifs is 1. The maximum atomic E-state index is 12.8. The van der Waals surface area contributed by atoms with Crippen molar-refractivity contribution in [2.24, 2.45) is 11.3 Å². The molecule has 6 nitrogen and oxygen atoms in total. The SMILES string of the molecule is COc1ccccc1NC(=O)C1CC12CCN(Cc1ccc3nsnc3c1)CC2. The van der Waals surface area contributed by atoms with Crippen LogP contribution in [0.1, 0.15) is 24.8 Å². The zero-order chi connectivity index (χ0) is 19.8. The number of ether oxygens (including phenoxy) is 1. The number of piperidine rings is 1. The number of benzene rings is 2. The Morgan fingerprint density at radius 1 is 1.21 bits per heavy atom. The Labute approximate surface area is 174 Å². The Bertz CT molecular complexity index is 1040. The molecule has 1 saturated carbocycles. The van der Waals surface area contributed by atoms with Crippen molar-refractivity contribution in [3.8, 4) is 5.75 Å². The van der Waals surface area contributed by atoms with E-state index in [0.29, 0.717) is 5.75 Å². The van der Waals surface area contributed by atoms with Gasteiger partial charge in [-0.05, 0) is 67.6 Å². The predicted octanol–water partition coefficient (Wildman–Crippen LogP) is 3.94. The van der Waals surface area contributed by atoms with E-state index in [-0.39, 0.29) is 17.2 Å². The van der Waals surface area contributed by atoms with Crippen molar-refractivity contribution in [2.75, 3.05) is 25.5 Å². The summed E-state index contributed by atoms with van der Waals surface area (Å²) in [7, 11) is 1.63. The summed E-state index contributed by atoms with van der Waals surface area (Å²) in [6.45, 7) is 3.00. The summed E-state index contributed by atoms with van der Waals surface area (Å²) in [4.78, 5) is 15.3. The summed E-state index contributed by atoms with van der Waals surface area (Å²) in [5.41, 5.74) is 4.18. The minimum absolute atomic E-state index is 0.118. The van der Waals surface area contributed by atoms with Crippen molar-refractivity contribution in [2.45, 2.75) is 25.8 Å². The van der Waals surface area contributed by atoms with E-state index in [2.05, 4.69) is 37.2 Å². The van der Waals surface area contributed by atoms with Gasteiger partial charge in [-0.15, -0.1) is 0 Å². The second-order valence-electron chi connectivity index (χ2n) is 8.17. The molecule has 2 aliphatic rings. The summed E-state index contributed by atoms with van der Waals surface area (Å²) in [6.07, 6.45) is 3.16. The lowest BCUT2D eigenvalue weighted by Gasteiger charge is -2.32. The number of rotatable bonds is 5. The summed E-state index contributed by atoms with van der Waals surface area (Å²) in [5, 5.41) is 3.07. The molecule has 2 aromatic carbocycles. The van der Waals surface area contributed by atoms with E-state index >= 15 is 0 Å². The molecule has 2 heterocycles. The second-order valence-corrected chi connectivity index (χ2v) is 8.70. The highest BCUT2D eigenvalue weighted by Crippen LogP contribution is 2.59. The second kappa shape index (κ2) is 7.39. The van der Waals surface area contributed by atoms with Crippen LogP contribution in [0.5, 0.6) is 5.75 Å². The number of amides is 1. The Kier molecular flexibility index (Phi) is 4.72. The Morgan fingerprint density at radius 2 is 2.00 bits per heavy atom. The van der Waals surface area contributed by atoms with Crippen molar-refractivity contribution in [3.05, 3.63) is 48.0 Å². The molecule has 1 saturated heterocycles. The zero-order valence-corrected chi connectivity index (χ0v) is 17.2. The normalized spacial score (nSPS) is 20.7. The van der Waals surface area contributed by atoms with Crippen LogP contribution in [0.25, 0.3) is 11.0 Å². The van der Waals surface area contributed by atoms with Gasteiger partial charge in [0.05, 0.1) is 24.5 Å². The fourth-order valence-corrected chi connectivity index (χ4v) is 5.10. The number of likely N-dealkylation sites (tertiary alicyclic amines) is 1. The molecule has 1 amide bonds. The van der Waals surface area contributed by atoms with E-state index in [0.717, 1.165) is 55.6 Å². The Balaban J connectivity index is 1.17. The van der Waals surface area contributed by atoms with Gasteiger partial charge in [0.25, 0.3) is 0 Å². The average molecular weight is 409 g/mol. The number of carbonyl (C=O) groups excluding carboxylic acids is 1. The number of para-hydroxylation sites is 2. The highest BCUT2D eigenvalue weighted by molar-refractivity contribution is 7.00. The maximum absolute atomic E-state index is 12.8. The van der Waals surface area contributed by atoms with Gasteiger partial charge in [0.2, 0.25) is 5.91 Å². The largest absolute Gasteiger partial charge is 0.495 e. The fraction of sp³-hybridized carbons (Fsp3) is 0.409. The lowest BCUT2D eigenvalue weighted by Crippen LogP contribution is -2.35. The van der Waals surface area contributed by atoms with E-state index in [9.17, 15) is 4.79 Å². The van der Waals surface area contributed by atoms with Gasteiger partial charge in [0.1, 0.15) is 16.8 Å². The van der Waals surface area contributed by atoms with E-state index in [1.807, 2.05) is 24.3 Å². The van der Waals surface area contributed by atoms with Crippen LogP contribution in [-0.4, -0.2) is 39.8 Å². The van der Waals surface area contributed by atoms with E-state index in [4.69, 9.17) is 4.74 Å². The van der Waals surface area contributed by atoms with Crippen molar-refractivity contribution in [1.29, 1.82) is 0 Å². The summed E-state index contributed by atoms with van der Waals surface area (Å²) in [6, 6.07) is 13.9. The molecule has 0 bridgehead atoms. The topological polar surface area (TPSA) is 67.3 Å². The maximum Gasteiger partial charge on any atom is 0.228 e. The molecule has 1 atom stereocenters. The minimum atomic E-state index is 0.118. The van der Waals surface area contributed by atoms with Gasteiger partial charge < -0.3 is 10.1 Å².